The lowest BCUT2D eigenvalue weighted by molar-refractivity contribution is -0.0259. The number of hydrogen-bond donors (Lipinski definition) is 2. The van der Waals surface area contributed by atoms with E-state index < -0.39 is 11.6 Å². The second kappa shape index (κ2) is 7.27. The topological polar surface area (TPSA) is 67.8 Å². The molecule has 0 unspecified atom stereocenters. The van der Waals surface area contributed by atoms with Gasteiger partial charge in [-0.25, -0.2) is 4.39 Å². The van der Waals surface area contributed by atoms with E-state index >= 15 is 0 Å². The van der Waals surface area contributed by atoms with Crippen LogP contribution < -0.4 is 5.32 Å². The number of phenols is 1. The molecule has 3 rings (SSSR count). The van der Waals surface area contributed by atoms with Crippen molar-refractivity contribution >= 4 is 5.91 Å². The van der Waals surface area contributed by atoms with Gasteiger partial charge in [-0.2, -0.15) is 0 Å². The third-order valence-electron chi connectivity index (χ3n) is 4.80. The highest BCUT2D eigenvalue weighted by molar-refractivity contribution is 5.94. The zero-order chi connectivity index (χ0) is 16.2. The Balaban J connectivity index is 1.68. The summed E-state index contributed by atoms with van der Waals surface area (Å²) in [5, 5.41) is 12.5. The van der Waals surface area contributed by atoms with Gasteiger partial charge in [0.25, 0.3) is 5.91 Å². The average Bonchev–Trinajstić information content (AvgIpc) is 2.58. The molecule has 1 aromatic rings. The van der Waals surface area contributed by atoms with E-state index in [1.807, 2.05) is 0 Å². The quantitative estimate of drug-likeness (QED) is 0.894. The minimum absolute atomic E-state index is 0.0338. The molecule has 1 amide bonds. The average molecular weight is 323 g/mol. The number of amides is 1. The molecule has 0 bridgehead atoms. The molecule has 0 aliphatic carbocycles. The van der Waals surface area contributed by atoms with E-state index in [0.717, 1.165) is 44.6 Å². The molecule has 1 aromatic carbocycles. The third-order valence-corrected chi connectivity index (χ3v) is 4.80. The van der Waals surface area contributed by atoms with Crippen LogP contribution in [0.5, 0.6) is 5.75 Å². The summed E-state index contributed by atoms with van der Waals surface area (Å²) < 4.78 is 24.1. The molecule has 0 radical (unpaired) electrons. The fraction of sp³-hybridized carbons (Fsp3) is 0.588. The molecule has 2 atom stereocenters. The summed E-state index contributed by atoms with van der Waals surface area (Å²) in [7, 11) is 0. The van der Waals surface area contributed by atoms with Gasteiger partial charge in [-0.3, -0.25) is 4.79 Å². The van der Waals surface area contributed by atoms with Crippen molar-refractivity contribution in [3.63, 3.8) is 0 Å². The number of carbonyl (C=O) groups excluding carboxylic acids is 1. The largest absolute Gasteiger partial charge is 0.505 e. The van der Waals surface area contributed by atoms with Crippen molar-refractivity contribution in [2.45, 2.75) is 25.3 Å². The van der Waals surface area contributed by atoms with Crippen molar-refractivity contribution < 1.29 is 23.8 Å². The minimum atomic E-state index is -0.729. The van der Waals surface area contributed by atoms with Gasteiger partial charge in [-0.15, -0.1) is 0 Å². The molecule has 2 aliphatic rings. The van der Waals surface area contributed by atoms with Gasteiger partial charge in [0.15, 0.2) is 11.6 Å². The lowest BCUT2D eigenvalue weighted by Crippen LogP contribution is -2.49. The van der Waals surface area contributed by atoms with Gasteiger partial charge in [0.05, 0.1) is 6.61 Å². The van der Waals surface area contributed by atoms with Crippen LogP contribution in [0.3, 0.4) is 0 Å². The molecule has 0 saturated carbocycles. The number of aromatic hydroxyl groups is 1. The van der Waals surface area contributed by atoms with Crippen LogP contribution in [0.15, 0.2) is 18.2 Å². The molecule has 6 heteroatoms. The summed E-state index contributed by atoms with van der Waals surface area (Å²) in [6.45, 7) is 2.78. The normalized spacial score (nSPS) is 26.0. The van der Waals surface area contributed by atoms with E-state index in [1.54, 1.807) is 0 Å². The molecule has 2 N–H and O–H groups in total. The number of ether oxygens (including phenoxy) is 2. The van der Waals surface area contributed by atoms with Crippen LogP contribution in [0.25, 0.3) is 0 Å². The first-order valence-electron chi connectivity index (χ1n) is 8.10. The number of nitrogens with one attached hydrogen (secondary N) is 1. The summed E-state index contributed by atoms with van der Waals surface area (Å²) in [4.78, 5) is 12.4. The predicted molar refractivity (Wildman–Crippen MR) is 81.8 cm³/mol. The van der Waals surface area contributed by atoms with E-state index in [-0.39, 0.29) is 23.4 Å². The van der Waals surface area contributed by atoms with Crippen LogP contribution in [-0.2, 0) is 9.47 Å². The first-order chi connectivity index (χ1) is 11.1. The first-order valence-corrected chi connectivity index (χ1v) is 8.10. The SMILES string of the molecule is O=C(N[C@@H]1CCOC[C@@H]1C1CCOCC1)c1ccc(F)c(O)c1. The maximum atomic E-state index is 13.1. The highest BCUT2D eigenvalue weighted by atomic mass is 19.1. The smallest absolute Gasteiger partial charge is 0.251 e. The van der Waals surface area contributed by atoms with Crippen molar-refractivity contribution in [3.05, 3.63) is 29.6 Å². The summed E-state index contributed by atoms with van der Waals surface area (Å²) in [5.41, 5.74) is 0.265. The van der Waals surface area contributed by atoms with E-state index in [9.17, 15) is 14.3 Å². The minimum Gasteiger partial charge on any atom is -0.505 e. The van der Waals surface area contributed by atoms with Crippen molar-refractivity contribution in [2.75, 3.05) is 26.4 Å². The van der Waals surface area contributed by atoms with Crippen LogP contribution in [0.2, 0.25) is 0 Å². The van der Waals surface area contributed by atoms with Crippen molar-refractivity contribution in [2.24, 2.45) is 11.8 Å². The van der Waals surface area contributed by atoms with E-state index in [2.05, 4.69) is 5.32 Å². The Kier molecular flexibility index (Phi) is 5.13. The van der Waals surface area contributed by atoms with Gasteiger partial charge < -0.3 is 19.9 Å². The Morgan fingerprint density at radius 1 is 1.17 bits per heavy atom. The zero-order valence-electron chi connectivity index (χ0n) is 13.0. The Morgan fingerprint density at radius 3 is 2.65 bits per heavy atom. The van der Waals surface area contributed by atoms with Gasteiger partial charge in [-0.1, -0.05) is 0 Å². The fourth-order valence-corrected chi connectivity index (χ4v) is 3.45. The van der Waals surface area contributed by atoms with Crippen LogP contribution >= 0.6 is 0 Å². The maximum Gasteiger partial charge on any atom is 0.251 e. The van der Waals surface area contributed by atoms with Gasteiger partial charge in [0, 0.05) is 37.3 Å². The first kappa shape index (κ1) is 16.2. The summed E-state index contributed by atoms with van der Waals surface area (Å²) in [6.07, 6.45) is 2.73. The third kappa shape index (κ3) is 3.82. The Hall–Kier alpha value is -1.66. The number of carbonyl (C=O) groups is 1. The van der Waals surface area contributed by atoms with Gasteiger partial charge in [0.1, 0.15) is 0 Å². The van der Waals surface area contributed by atoms with Crippen molar-refractivity contribution in [3.8, 4) is 5.75 Å². The van der Waals surface area contributed by atoms with Gasteiger partial charge >= 0.3 is 0 Å². The maximum absolute atomic E-state index is 13.1. The number of phenolic OH excluding ortho intramolecular Hbond substituents is 1. The lowest BCUT2D eigenvalue weighted by Gasteiger charge is -2.39. The van der Waals surface area contributed by atoms with Crippen molar-refractivity contribution in [1.29, 1.82) is 0 Å². The molecule has 2 saturated heterocycles. The molecule has 126 valence electrons. The number of rotatable bonds is 3. The molecular formula is C17H22FNO4. The summed E-state index contributed by atoms with van der Waals surface area (Å²) in [5.74, 6) is -0.774. The van der Waals surface area contributed by atoms with E-state index in [4.69, 9.17) is 9.47 Å². The Labute approximate surface area is 134 Å². The molecule has 2 aliphatic heterocycles. The zero-order valence-corrected chi connectivity index (χ0v) is 13.0. The molecule has 5 nitrogen and oxygen atoms in total. The van der Waals surface area contributed by atoms with Gasteiger partial charge in [0.2, 0.25) is 0 Å². The monoisotopic (exact) mass is 323 g/mol. The lowest BCUT2D eigenvalue weighted by atomic mass is 9.79. The number of hydrogen-bond acceptors (Lipinski definition) is 4. The molecule has 0 spiro atoms. The van der Waals surface area contributed by atoms with E-state index in [1.165, 1.54) is 6.07 Å². The van der Waals surface area contributed by atoms with Crippen LogP contribution in [0.1, 0.15) is 29.6 Å². The number of halogens is 1. The Bertz CT molecular complexity index is 560. The molecule has 2 fully saturated rings. The highest BCUT2D eigenvalue weighted by Gasteiger charge is 2.34. The van der Waals surface area contributed by atoms with Crippen LogP contribution in [0, 0.1) is 17.7 Å². The van der Waals surface area contributed by atoms with Crippen LogP contribution in [-0.4, -0.2) is 43.5 Å². The second-order valence-electron chi connectivity index (χ2n) is 6.22. The Morgan fingerprint density at radius 2 is 1.91 bits per heavy atom. The molecule has 23 heavy (non-hydrogen) atoms. The second-order valence-corrected chi connectivity index (χ2v) is 6.22. The highest BCUT2D eigenvalue weighted by Crippen LogP contribution is 2.30. The summed E-state index contributed by atoms with van der Waals surface area (Å²) >= 11 is 0. The van der Waals surface area contributed by atoms with Gasteiger partial charge in [-0.05, 0) is 43.4 Å². The van der Waals surface area contributed by atoms with E-state index in [0.29, 0.717) is 19.1 Å². The predicted octanol–water partition coefficient (Wildman–Crippen LogP) is 2.09. The summed E-state index contributed by atoms with van der Waals surface area (Å²) in [6, 6.07) is 3.68. The molecule has 2 heterocycles. The standard InChI is InChI=1S/C17H22FNO4/c18-14-2-1-12(9-16(14)20)17(21)19-15-5-8-23-10-13(15)11-3-6-22-7-4-11/h1-2,9,11,13,15,20H,3-8,10H2,(H,19,21)/t13-,15-/m1/s1. The van der Waals surface area contributed by atoms with Crippen LogP contribution in [0.4, 0.5) is 4.39 Å². The molecular weight excluding hydrogens is 301 g/mol. The molecule has 0 aromatic heterocycles. The number of benzene rings is 1. The van der Waals surface area contributed by atoms with Crippen molar-refractivity contribution in [1.82, 2.24) is 5.32 Å². The fourth-order valence-electron chi connectivity index (χ4n) is 3.45.